The highest BCUT2D eigenvalue weighted by molar-refractivity contribution is 5.22. The molecule has 0 saturated heterocycles. The van der Waals surface area contributed by atoms with Crippen LogP contribution in [0.4, 0.5) is 0 Å². The second-order valence-electron chi connectivity index (χ2n) is 2.56. The monoisotopic (exact) mass is 138 g/mol. The fraction of sp³-hybridized carbons (Fsp3) is 0.556. The van der Waals surface area contributed by atoms with Gasteiger partial charge in [-0.05, 0) is 24.8 Å². The number of hydrogen-bond acceptors (Lipinski definition) is 1. The van der Waals surface area contributed by atoms with Crippen molar-refractivity contribution >= 4 is 0 Å². The zero-order valence-electron chi connectivity index (χ0n) is 6.52. The fourth-order valence-corrected chi connectivity index (χ4v) is 1.35. The maximum absolute atomic E-state index is 5.20. The molecule has 0 unspecified atom stereocenters. The molecule has 0 aromatic heterocycles. The van der Waals surface area contributed by atoms with Gasteiger partial charge < -0.3 is 4.74 Å². The Morgan fingerprint density at radius 3 is 2.60 bits per heavy atom. The van der Waals surface area contributed by atoms with Gasteiger partial charge in [-0.2, -0.15) is 0 Å². The lowest BCUT2D eigenvalue weighted by Crippen LogP contribution is -1.99. The Labute approximate surface area is 62.4 Å². The van der Waals surface area contributed by atoms with E-state index in [4.69, 9.17) is 4.74 Å². The Morgan fingerprint density at radius 1 is 1.40 bits per heavy atom. The molecule has 1 aliphatic carbocycles. The van der Waals surface area contributed by atoms with Crippen molar-refractivity contribution in [2.24, 2.45) is 0 Å². The minimum absolute atomic E-state index is 1.10. The van der Waals surface area contributed by atoms with Crippen LogP contribution in [0.2, 0.25) is 0 Å². The van der Waals surface area contributed by atoms with Gasteiger partial charge in [-0.15, -0.1) is 0 Å². The predicted molar refractivity (Wildman–Crippen MR) is 42.7 cm³/mol. The first-order valence-electron chi connectivity index (χ1n) is 3.77. The summed E-state index contributed by atoms with van der Waals surface area (Å²) in [5.74, 6) is 1.14. The number of methoxy groups -OCH3 is 1. The second-order valence-corrected chi connectivity index (χ2v) is 2.56. The van der Waals surface area contributed by atoms with E-state index in [9.17, 15) is 0 Å². The van der Waals surface area contributed by atoms with E-state index in [1.54, 1.807) is 7.11 Å². The van der Waals surface area contributed by atoms with Crippen molar-refractivity contribution < 1.29 is 4.74 Å². The molecule has 0 heterocycles. The molecule has 0 bridgehead atoms. The van der Waals surface area contributed by atoms with Gasteiger partial charge in [0.05, 0.1) is 12.9 Å². The third kappa shape index (κ3) is 1.41. The Morgan fingerprint density at radius 2 is 2.10 bits per heavy atom. The molecule has 1 rings (SSSR count). The highest BCUT2D eigenvalue weighted by Gasteiger charge is 2.09. The molecule has 1 nitrogen and oxygen atoms in total. The Bertz CT molecular complexity index is 156. The number of allylic oxidation sites excluding steroid dienone is 3. The van der Waals surface area contributed by atoms with Crippen molar-refractivity contribution in [2.45, 2.75) is 25.7 Å². The van der Waals surface area contributed by atoms with Crippen LogP contribution in [-0.4, -0.2) is 7.11 Å². The molecule has 1 heteroatoms. The lowest BCUT2D eigenvalue weighted by Gasteiger charge is -2.15. The van der Waals surface area contributed by atoms with Gasteiger partial charge in [-0.1, -0.05) is 12.7 Å². The van der Waals surface area contributed by atoms with Crippen molar-refractivity contribution in [3.8, 4) is 0 Å². The van der Waals surface area contributed by atoms with E-state index in [1.165, 1.54) is 18.4 Å². The molecule has 56 valence electrons. The molecule has 0 aromatic rings. The van der Waals surface area contributed by atoms with Crippen molar-refractivity contribution in [1.29, 1.82) is 0 Å². The van der Waals surface area contributed by atoms with E-state index in [-0.39, 0.29) is 0 Å². The van der Waals surface area contributed by atoms with E-state index in [2.05, 4.69) is 6.58 Å². The number of rotatable bonds is 2. The molecule has 0 atom stereocenters. The van der Waals surface area contributed by atoms with E-state index >= 15 is 0 Å². The highest BCUT2D eigenvalue weighted by atomic mass is 16.5. The summed E-state index contributed by atoms with van der Waals surface area (Å²) in [7, 11) is 1.74. The summed E-state index contributed by atoms with van der Waals surface area (Å²) in [6.45, 7) is 3.74. The van der Waals surface area contributed by atoms with E-state index in [1.807, 2.05) is 6.08 Å². The van der Waals surface area contributed by atoms with Gasteiger partial charge in [0.1, 0.15) is 0 Å². The lowest BCUT2D eigenvalue weighted by atomic mass is 9.98. The van der Waals surface area contributed by atoms with Crippen LogP contribution in [0.3, 0.4) is 0 Å². The second kappa shape index (κ2) is 3.45. The Balaban J connectivity index is 2.72. The number of hydrogen-bond donors (Lipinski definition) is 0. The van der Waals surface area contributed by atoms with E-state index < -0.39 is 0 Å². The highest BCUT2D eigenvalue weighted by Crippen LogP contribution is 2.25. The normalized spacial score (nSPS) is 18.9. The first-order chi connectivity index (χ1) is 4.88. The summed E-state index contributed by atoms with van der Waals surface area (Å²) in [5.41, 5.74) is 1.30. The van der Waals surface area contributed by atoms with Gasteiger partial charge in [-0.25, -0.2) is 0 Å². The number of ether oxygens (including phenoxy) is 1. The summed E-state index contributed by atoms with van der Waals surface area (Å²) in [5, 5.41) is 0. The quantitative estimate of drug-likeness (QED) is 0.570. The molecule has 10 heavy (non-hydrogen) atoms. The molecule has 0 aliphatic heterocycles. The van der Waals surface area contributed by atoms with Crippen molar-refractivity contribution in [2.75, 3.05) is 7.11 Å². The van der Waals surface area contributed by atoms with Crippen LogP contribution >= 0.6 is 0 Å². The van der Waals surface area contributed by atoms with Crippen molar-refractivity contribution in [1.82, 2.24) is 0 Å². The average Bonchev–Trinajstić information content (AvgIpc) is 2.04. The van der Waals surface area contributed by atoms with Crippen LogP contribution in [0.25, 0.3) is 0 Å². The van der Waals surface area contributed by atoms with Gasteiger partial charge in [0, 0.05) is 6.42 Å². The smallest absolute Gasteiger partial charge is 0.0987 e. The maximum atomic E-state index is 5.20. The SMILES string of the molecule is C=CC1=C(OC)CCCC1. The Kier molecular flexibility index (Phi) is 2.55. The van der Waals surface area contributed by atoms with E-state index in [0.29, 0.717) is 0 Å². The molecule has 1 aliphatic rings. The standard InChI is InChI=1S/C9H14O/c1-3-8-6-4-5-7-9(8)10-2/h3H,1,4-7H2,2H3. The molecule has 0 radical (unpaired) electrons. The summed E-state index contributed by atoms with van der Waals surface area (Å²) in [6, 6.07) is 0. The minimum atomic E-state index is 1.10. The molecule has 0 saturated carbocycles. The van der Waals surface area contributed by atoms with Gasteiger partial charge in [0.2, 0.25) is 0 Å². The van der Waals surface area contributed by atoms with Gasteiger partial charge >= 0.3 is 0 Å². The lowest BCUT2D eigenvalue weighted by molar-refractivity contribution is 0.262. The first-order valence-corrected chi connectivity index (χ1v) is 3.77. The maximum Gasteiger partial charge on any atom is 0.0987 e. The summed E-state index contributed by atoms with van der Waals surface area (Å²) < 4.78 is 5.20. The molecule has 0 amide bonds. The zero-order chi connectivity index (χ0) is 7.40. The molecule has 0 N–H and O–H groups in total. The van der Waals surface area contributed by atoms with E-state index in [0.717, 1.165) is 18.6 Å². The molecule has 0 spiro atoms. The summed E-state index contributed by atoms with van der Waals surface area (Å²) in [4.78, 5) is 0. The average molecular weight is 138 g/mol. The molecule has 0 fully saturated rings. The fourth-order valence-electron chi connectivity index (χ4n) is 1.35. The van der Waals surface area contributed by atoms with Crippen molar-refractivity contribution in [3.05, 3.63) is 24.0 Å². The summed E-state index contributed by atoms with van der Waals surface area (Å²) in [6.07, 6.45) is 6.71. The topological polar surface area (TPSA) is 9.23 Å². The predicted octanol–water partition coefficient (Wildman–Crippen LogP) is 2.65. The minimum Gasteiger partial charge on any atom is -0.501 e. The van der Waals surface area contributed by atoms with Crippen LogP contribution in [0, 0.1) is 0 Å². The zero-order valence-corrected chi connectivity index (χ0v) is 6.52. The van der Waals surface area contributed by atoms with Crippen molar-refractivity contribution in [3.63, 3.8) is 0 Å². The van der Waals surface area contributed by atoms with Gasteiger partial charge in [0.15, 0.2) is 0 Å². The van der Waals surface area contributed by atoms with Crippen LogP contribution in [0.1, 0.15) is 25.7 Å². The Hall–Kier alpha value is -0.720. The van der Waals surface area contributed by atoms with Crippen LogP contribution in [0.15, 0.2) is 24.0 Å². The van der Waals surface area contributed by atoms with Gasteiger partial charge in [-0.3, -0.25) is 0 Å². The molecular formula is C9H14O. The molecular weight excluding hydrogens is 124 g/mol. The van der Waals surface area contributed by atoms with Gasteiger partial charge in [0.25, 0.3) is 0 Å². The summed E-state index contributed by atoms with van der Waals surface area (Å²) >= 11 is 0. The third-order valence-electron chi connectivity index (χ3n) is 1.95. The van der Waals surface area contributed by atoms with Crippen LogP contribution in [-0.2, 0) is 4.74 Å². The largest absolute Gasteiger partial charge is 0.501 e. The first kappa shape index (κ1) is 7.39. The van der Waals surface area contributed by atoms with Crippen LogP contribution < -0.4 is 0 Å². The van der Waals surface area contributed by atoms with Crippen LogP contribution in [0.5, 0.6) is 0 Å². The molecule has 0 aromatic carbocycles. The third-order valence-corrected chi connectivity index (χ3v) is 1.95.